The topological polar surface area (TPSA) is 71.2 Å². The lowest BCUT2D eigenvalue weighted by molar-refractivity contribution is 0.243. The van der Waals surface area contributed by atoms with Crippen LogP contribution in [-0.2, 0) is 6.54 Å². The highest BCUT2D eigenvalue weighted by atomic mass is 35.5. The molecular weight excluding hydrogens is 335 g/mol. The van der Waals surface area contributed by atoms with Crippen LogP contribution in [0.5, 0.6) is 0 Å². The third-order valence-electron chi connectivity index (χ3n) is 3.53. The van der Waals surface area contributed by atoms with Crippen molar-refractivity contribution < 1.29 is 0 Å². The molecule has 2 aromatic rings. The Morgan fingerprint density at radius 3 is 2.43 bits per heavy atom. The van der Waals surface area contributed by atoms with Crippen molar-refractivity contribution in [3.05, 3.63) is 39.6 Å². The Kier molecular flexibility index (Phi) is 5.62. The summed E-state index contributed by atoms with van der Waals surface area (Å²) in [6, 6.07) is 5.43. The van der Waals surface area contributed by atoms with Crippen LogP contribution in [0.1, 0.15) is 24.4 Å². The quantitative estimate of drug-likeness (QED) is 0.889. The van der Waals surface area contributed by atoms with E-state index in [-0.39, 0.29) is 12.0 Å². The van der Waals surface area contributed by atoms with Gasteiger partial charge < -0.3 is 10.6 Å². The van der Waals surface area contributed by atoms with Gasteiger partial charge in [0.2, 0.25) is 11.9 Å². The largest absolute Gasteiger partial charge is 0.368 e. The smallest absolute Gasteiger partial charge is 0.229 e. The van der Waals surface area contributed by atoms with E-state index in [1.165, 1.54) is 0 Å². The molecule has 23 heavy (non-hydrogen) atoms. The minimum Gasteiger partial charge on any atom is -0.368 e. The van der Waals surface area contributed by atoms with Crippen molar-refractivity contribution in [3.8, 4) is 0 Å². The summed E-state index contributed by atoms with van der Waals surface area (Å²) in [6.45, 7) is 2.65. The molecule has 124 valence electrons. The van der Waals surface area contributed by atoms with Gasteiger partial charge in [0.05, 0.1) is 6.04 Å². The number of nitrogens with two attached hydrogens (primary N) is 1. The first-order valence-electron chi connectivity index (χ1n) is 7.11. The summed E-state index contributed by atoms with van der Waals surface area (Å²) in [5, 5.41) is 1.26. The molecule has 0 fully saturated rings. The van der Waals surface area contributed by atoms with Gasteiger partial charge >= 0.3 is 0 Å². The molecule has 0 aliphatic carbocycles. The Morgan fingerprint density at radius 1 is 1.13 bits per heavy atom. The Balaban J connectivity index is 2.20. The highest BCUT2D eigenvalue weighted by molar-refractivity contribution is 6.35. The van der Waals surface area contributed by atoms with Crippen LogP contribution in [0.2, 0.25) is 10.0 Å². The normalized spacial score (nSPS) is 12.5. The van der Waals surface area contributed by atoms with E-state index in [9.17, 15) is 0 Å². The molecule has 8 heteroatoms. The van der Waals surface area contributed by atoms with Crippen molar-refractivity contribution >= 4 is 35.1 Å². The monoisotopic (exact) mass is 354 g/mol. The SMILES string of the molecule is CC(c1nc(N)nc(N(C)C)n1)N(C)Cc1ccc(Cl)cc1Cl. The molecule has 0 aliphatic heterocycles. The maximum atomic E-state index is 6.24. The highest BCUT2D eigenvalue weighted by Gasteiger charge is 2.18. The standard InChI is InChI=1S/C15H20Cl2N6/c1-9(13-19-14(18)21-15(20-13)22(2)3)23(4)8-10-5-6-11(16)7-12(10)17/h5-7,9H,8H2,1-4H3,(H2,18,19,20,21). The lowest BCUT2D eigenvalue weighted by Gasteiger charge is -2.24. The predicted molar refractivity (Wildman–Crippen MR) is 94.9 cm³/mol. The highest BCUT2D eigenvalue weighted by Crippen LogP contribution is 2.25. The van der Waals surface area contributed by atoms with E-state index < -0.39 is 0 Å². The van der Waals surface area contributed by atoms with Gasteiger partial charge in [-0.2, -0.15) is 15.0 Å². The number of aromatic nitrogens is 3. The number of nitrogens with zero attached hydrogens (tertiary/aromatic N) is 5. The second-order valence-corrected chi connectivity index (χ2v) is 6.42. The van der Waals surface area contributed by atoms with Gasteiger partial charge in [-0.25, -0.2) is 0 Å². The van der Waals surface area contributed by atoms with Crippen LogP contribution in [0.15, 0.2) is 18.2 Å². The van der Waals surface area contributed by atoms with Gasteiger partial charge in [-0.3, -0.25) is 4.90 Å². The van der Waals surface area contributed by atoms with Crippen molar-refractivity contribution in [1.82, 2.24) is 19.9 Å². The van der Waals surface area contributed by atoms with Gasteiger partial charge in [0, 0.05) is 30.7 Å². The zero-order chi connectivity index (χ0) is 17.1. The minimum atomic E-state index is -0.0502. The molecule has 0 radical (unpaired) electrons. The minimum absolute atomic E-state index is 0.0502. The van der Waals surface area contributed by atoms with Gasteiger partial charge in [-0.05, 0) is 31.7 Å². The van der Waals surface area contributed by atoms with Crippen LogP contribution in [0.3, 0.4) is 0 Å². The van der Waals surface area contributed by atoms with Crippen LogP contribution in [0.25, 0.3) is 0 Å². The number of hydrogen-bond donors (Lipinski definition) is 1. The third kappa shape index (κ3) is 4.43. The van der Waals surface area contributed by atoms with Crippen molar-refractivity contribution in [2.24, 2.45) is 0 Å². The Bertz CT molecular complexity index is 692. The van der Waals surface area contributed by atoms with Gasteiger partial charge in [-0.15, -0.1) is 0 Å². The molecule has 1 aromatic heterocycles. The maximum Gasteiger partial charge on any atom is 0.229 e. The van der Waals surface area contributed by atoms with E-state index in [0.717, 1.165) is 5.56 Å². The first kappa shape index (κ1) is 17.7. The number of benzene rings is 1. The first-order valence-corrected chi connectivity index (χ1v) is 7.86. The summed E-state index contributed by atoms with van der Waals surface area (Å²) < 4.78 is 0. The number of rotatable bonds is 5. The molecule has 0 saturated carbocycles. The Labute approximate surface area is 146 Å². The van der Waals surface area contributed by atoms with Crippen LogP contribution < -0.4 is 10.6 Å². The average Bonchev–Trinajstić information content (AvgIpc) is 2.48. The van der Waals surface area contributed by atoms with E-state index in [1.54, 1.807) is 11.0 Å². The molecular formula is C15H20Cl2N6. The van der Waals surface area contributed by atoms with Crippen molar-refractivity contribution in [2.75, 3.05) is 31.8 Å². The molecule has 2 N–H and O–H groups in total. The zero-order valence-electron chi connectivity index (χ0n) is 13.6. The van der Waals surface area contributed by atoms with Gasteiger partial charge in [-0.1, -0.05) is 29.3 Å². The summed E-state index contributed by atoms with van der Waals surface area (Å²) in [5.41, 5.74) is 6.77. The number of hydrogen-bond acceptors (Lipinski definition) is 6. The molecule has 1 aromatic carbocycles. The molecule has 0 saturated heterocycles. The van der Waals surface area contributed by atoms with Crippen molar-refractivity contribution in [3.63, 3.8) is 0 Å². The van der Waals surface area contributed by atoms with E-state index in [0.29, 0.717) is 28.4 Å². The fourth-order valence-corrected chi connectivity index (χ4v) is 2.51. The molecule has 0 amide bonds. The summed E-state index contributed by atoms with van der Waals surface area (Å²) in [4.78, 5) is 16.7. The van der Waals surface area contributed by atoms with E-state index in [2.05, 4.69) is 19.9 Å². The van der Waals surface area contributed by atoms with Gasteiger partial charge in [0.1, 0.15) is 0 Å². The molecule has 1 unspecified atom stereocenters. The van der Waals surface area contributed by atoms with E-state index >= 15 is 0 Å². The van der Waals surface area contributed by atoms with Crippen LogP contribution >= 0.6 is 23.2 Å². The summed E-state index contributed by atoms with van der Waals surface area (Å²) in [6.07, 6.45) is 0. The van der Waals surface area contributed by atoms with E-state index in [4.69, 9.17) is 28.9 Å². The summed E-state index contributed by atoms with van der Waals surface area (Å²) in [7, 11) is 5.70. The number of nitrogen functional groups attached to an aromatic ring is 1. The predicted octanol–water partition coefficient (Wildman–Crippen LogP) is 3.02. The summed E-state index contributed by atoms with van der Waals surface area (Å²) in [5.74, 6) is 1.37. The Hall–Kier alpha value is -1.63. The second-order valence-electron chi connectivity index (χ2n) is 5.57. The lowest BCUT2D eigenvalue weighted by Crippen LogP contribution is -2.25. The Morgan fingerprint density at radius 2 is 1.83 bits per heavy atom. The fourth-order valence-electron chi connectivity index (χ4n) is 2.04. The van der Waals surface area contributed by atoms with Crippen LogP contribution in [-0.4, -0.2) is 41.0 Å². The van der Waals surface area contributed by atoms with Gasteiger partial charge in [0.15, 0.2) is 5.82 Å². The second kappa shape index (κ2) is 7.29. The van der Waals surface area contributed by atoms with Gasteiger partial charge in [0.25, 0.3) is 0 Å². The maximum absolute atomic E-state index is 6.24. The summed E-state index contributed by atoms with van der Waals surface area (Å²) >= 11 is 12.2. The van der Waals surface area contributed by atoms with Crippen LogP contribution in [0, 0.1) is 0 Å². The van der Waals surface area contributed by atoms with Crippen LogP contribution in [0.4, 0.5) is 11.9 Å². The molecule has 1 heterocycles. The van der Waals surface area contributed by atoms with Crippen molar-refractivity contribution in [2.45, 2.75) is 19.5 Å². The van der Waals surface area contributed by atoms with Crippen molar-refractivity contribution in [1.29, 1.82) is 0 Å². The fraction of sp³-hybridized carbons (Fsp3) is 0.400. The van der Waals surface area contributed by atoms with E-state index in [1.807, 2.05) is 40.2 Å². The molecule has 2 rings (SSSR count). The lowest BCUT2D eigenvalue weighted by atomic mass is 10.2. The molecule has 6 nitrogen and oxygen atoms in total. The molecule has 0 aliphatic rings. The number of anilines is 2. The third-order valence-corrected chi connectivity index (χ3v) is 4.11. The molecule has 0 bridgehead atoms. The molecule has 0 spiro atoms. The average molecular weight is 355 g/mol. The first-order chi connectivity index (χ1) is 10.8. The zero-order valence-corrected chi connectivity index (χ0v) is 15.1. The number of halogens is 2. The molecule has 1 atom stereocenters.